The first-order valence-corrected chi connectivity index (χ1v) is 6.51. The molecule has 2 fully saturated rings. The minimum Gasteiger partial charge on any atom is -0.351 e. The number of nitrogens with one attached hydrogen (secondary N) is 2. The molecule has 1 amide bonds. The summed E-state index contributed by atoms with van der Waals surface area (Å²) in [5, 5.41) is 14.0. The van der Waals surface area contributed by atoms with E-state index in [0.29, 0.717) is 11.6 Å². The molecule has 2 N–H and O–H groups in total. The molecular weight excluding hydrogens is 248 g/mol. The molecule has 0 aromatic carbocycles. The number of aromatic amines is 1. The third-order valence-corrected chi connectivity index (χ3v) is 4.05. The van der Waals surface area contributed by atoms with Crippen LogP contribution in [0, 0.1) is 16.0 Å². The molecule has 0 aliphatic carbocycles. The summed E-state index contributed by atoms with van der Waals surface area (Å²) in [5.41, 5.74) is 0.237. The standard InChI is InChI=1S/C12H16N4O3/c17-12(10-4-9(6-14-10)16(18)19)15-3-1-2-8-5-13-7-11(8)15/h4,6,8,11,13-14H,1-3,5,7H2. The second-order valence-corrected chi connectivity index (χ2v) is 5.16. The van der Waals surface area contributed by atoms with E-state index in [1.807, 2.05) is 4.90 Å². The number of amides is 1. The molecule has 0 saturated carbocycles. The smallest absolute Gasteiger partial charge is 0.287 e. The fourth-order valence-electron chi connectivity index (χ4n) is 3.09. The molecule has 1 aromatic heterocycles. The Morgan fingerprint density at radius 1 is 1.47 bits per heavy atom. The highest BCUT2D eigenvalue weighted by Gasteiger charge is 2.38. The lowest BCUT2D eigenvalue weighted by atomic mass is 9.92. The van der Waals surface area contributed by atoms with Crippen molar-refractivity contribution >= 4 is 11.6 Å². The molecule has 7 heteroatoms. The van der Waals surface area contributed by atoms with Gasteiger partial charge in [-0.3, -0.25) is 14.9 Å². The minimum absolute atomic E-state index is 0.0681. The van der Waals surface area contributed by atoms with Crippen molar-refractivity contribution in [2.45, 2.75) is 18.9 Å². The maximum Gasteiger partial charge on any atom is 0.287 e. The number of piperidine rings is 1. The maximum atomic E-state index is 12.4. The third kappa shape index (κ3) is 2.10. The van der Waals surface area contributed by atoms with Crippen LogP contribution in [0.2, 0.25) is 0 Å². The van der Waals surface area contributed by atoms with Crippen LogP contribution < -0.4 is 5.32 Å². The lowest BCUT2D eigenvalue weighted by Crippen LogP contribution is -2.48. The molecular formula is C12H16N4O3. The van der Waals surface area contributed by atoms with Crippen LogP contribution in [-0.2, 0) is 0 Å². The van der Waals surface area contributed by atoms with Gasteiger partial charge < -0.3 is 15.2 Å². The highest BCUT2D eigenvalue weighted by atomic mass is 16.6. The van der Waals surface area contributed by atoms with Crippen molar-refractivity contribution in [1.82, 2.24) is 15.2 Å². The predicted octanol–water partition coefficient (Wildman–Crippen LogP) is 0.747. The van der Waals surface area contributed by atoms with Gasteiger partial charge in [-0.05, 0) is 18.8 Å². The van der Waals surface area contributed by atoms with Gasteiger partial charge in [0, 0.05) is 31.7 Å². The van der Waals surface area contributed by atoms with E-state index in [0.717, 1.165) is 32.5 Å². The number of rotatable bonds is 2. The number of hydrogen-bond donors (Lipinski definition) is 2. The van der Waals surface area contributed by atoms with E-state index in [1.165, 1.54) is 12.3 Å². The second kappa shape index (κ2) is 4.65. The van der Waals surface area contributed by atoms with Crippen molar-refractivity contribution in [3.8, 4) is 0 Å². The normalized spacial score (nSPS) is 26.2. The van der Waals surface area contributed by atoms with Gasteiger partial charge in [0.2, 0.25) is 0 Å². The van der Waals surface area contributed by atoms with Crippen LogP contribution in [0.15, 0.2) is 12.3 Å². The maximum absolute atomic E-state index is 12.4. The summed E-state index contributed by atoms with van der Waals surface area (Å²) in [5.74, 6) is 0.383. The van der Waals surface area contributed by atoms with Crippen molar-refractivity contribution in [3.05, 3.63) is 28.1 Å². The van der Waals surface area contributed by atoms with E-state index in [-0.39, 0.29) is 17.6 Å². The van der Waals surface area contributed by atoms with Crippen LogP contribution in [0.3, 0.4) is 0 Å². The molecule has 3 heterocycles. The Balaban J connectivity index is 1.80. The Morgan fingerprint density at radius 3 is 3.05 bits per heavy atom. The number of likely N-dealkylation sites (tertiary alicyclic amines) is 1. The molecule has 2 aliphatic heterocycles. The molecule has 1 aromatic rings. The average Bonchev–Trinajstić information content (AvgIpc) is 3.06. The topological polar surface area (TPSA) is 91.3 Å². The fourth-order valence-corrected chi connectivity index (χ4v) is 3.09. The molecule has 19 heavy (non-hydrogen) atoms. The van der Waals surface area contributed by atoms with E-state index in [9.17, 15) is 14.9 Å². The van der Waals surface area contributed by atoms with Gasteiger partial charge in [0.05, 0.1) is 11.1 Å². The van der Waals surface area contributed by atoms with Crippen molar-refractivity contribution in [2.75, 3.05) is 19.6 Å². The molecule has 0 spiro atoms. The Bertz CT molecular complexity index is 513. The van der Waals surface area contributed by atoms with Crippen LogP contribution in [0.5, 0.6) is 0 Å². The minimum atomic E-state index is -0.497. The quantitative estimate of drug-likeness (QED) is 0.609. The first kappa shape index (κ1) is 12.2. The van der Waals surface area contributed by atoms with Gasteiger partial charge >= 0.3 is 0 Å². The first-order valence-electron chi connectivity index (χ1n) is 6.51. The Morgan fingerprint density at radius 2 is 2.32 bits per heavy atom. The van der Waals surface area contributed by atoms with Crippen LogP contribution in [0.1, 0.15) is 23.3 Å². The van der Waals surface area contributed by atoms with E-state index in [2.05, 4.69) is 10.3 Å². The third-order valence-electron chi connectivity index (χ3n) is 4.05. The van der Waals surface area contributed by atoms with Crippen molar-refractivity contribution in [3.63, 3.8) is 0 Å². The molecule has 3 rings (SSSR count). The zero-order valence-corrected chi connectivity index (χ0v) is 10.5. The zero-order chi connectivity index (χ0) is 13.4. The largest absolute Gasteiger partial charge is 0.351 e. The van der Waals surface area contributed by atoms with Gasteiger partial charge in [-0.15, -0.1) is 0 Å². The molecule has 7 nitrogen and oxygen atoms in total. The number of fused-ring (bicyclic) bond motifs is 1. The summed E-state index contributed by atoms with van der Waals surface area (Å²) in [4.78, 5) is 27.1. The van der Waals surface area contributed by atoms with Crippen LogP contribution >= 0.6 is 0 Å². The molecule has 0 bridgehead atoms. The second-order valence-electron chi connectivity index (χ2n) is 5.16. The monoisotopic (exact) mass is 264 g/mol. The van der Waals surface area contributed by atoms with Crippen LogP contribution in [-0.4, -0.2) is 46.4 Å². The van der Waals surface area contributed by atoms with Gasteiger partial charge in [-0.1, -0.05) is 0 Å². The van der Waals surface area contributed by atoms with E-state index in [4.69, 9.17) is 0 Å². The Kier molecular flexibility index (Phi) is 2.98. The first-order chi connectivity index (χ1) is 9.16. The van der Waals surface area contributed by atoms with Gasteiger partial charge in [-0.2, -0.15) is 0 Å². The summed E-state index contributed by atoms with van der Waals surface area (Å²) < 4.78 is 0. The van der Waals surface area contributed by atoms with Crippen molar-refractivity contribution in [1.29, 1.82) is 0 Å². The van der Waals surface area contributed by atoms with E-state index >= 15 is 0 Å². The zero-order valence-electron chi connectivity index (χ0n) is 10.5. The number of carbonyl (C=O) groups excluding carboxylic acids is 1. The number of aromatic nitrogens is 1. The van der Waals surface area contributed by atoms with Crippen molar-refractivity contribution in [2.24, 2.45) is 5.92 Å². The predicted molar refractivity (Wildman–Crippen MR) is 67.9 cm³/mol. The van der Waals surface area contributed by atoms with Crippen LogP contribution in [0.4, 0.5) is 5.69 Å². The van der Waals surface area contributed by atoms with Crippen LogP contribution in [0.25, 0.3) is 0 Å². The lowest BCUT2D eigenvalue weighted by Gasteiger charge is -2.36. The highest BCUT2D eigenvalue weighted by Crippen LogP contribution is 2.28. The molecule has 2 aliphatic rings. The summed E-state index contributed by atoms with van der Waals surface area (Å²) in [6.07, 6.45) is 3.41. The van der Waals surface area contributed by atoms with E-state index < -0.39 is 4.92 Å². The molecule has 2 atom stereocenters. The number of nitro groups is 1. The number of H-pyrrole nitrogens is 1. The van der Waals surface area contributed by atoms with Gasteiger partial charge in [0.15, 0.2) is 0 Å². The SMILES string of the molecule is O=C(c1cc([N+](=O)[O-])c[nH]1)N1CCCC2CNCC21. The fraction of sp³-hybridized carbons (Fsp3) is 0.583. The van der Waals surface area contributed by atoms with Gasteiger partial charge in [0.25, 0.3) is 11.6 Å². The lowest BCUT2D eigenvalue weighted by molar-refractivity contribution is -0.384. The highest BCUT2D eigenvalue weighted by molar-refractivity contribution is 5.93. The molecule has 102 valence electrons. The number of nitrogens with zero attached hydrogens (tertiary/aromatic N) is 2. The molecule has 0 radical (unpaired) electrons. The summed E-state index contributed by atoms with van der Waals surface area (Å²) in [6.45, 7) is 2.51. The Hall–Kier alpha value is -1.89. The van der Waals surface area contributed by atoms with Gasteiger partial charge in [-0.25, -0.2) is 0 Å². The summed E-state index contributed by atoms with van der Waals surface area (Å²) >= 11 is 0. The van der Waals surface area contributed by atoms with Crippen molar-refractivity contribution < 1.29 is 9.72 Å². The van der Waals surface area contributed by atoms with E-state index in [1.54, 1.807) is 0 Å². The average molecular weight is 264 g/mol. The number of carbonyl (C=O) groups is 1. The Labute approximate surface area is 110 Å². The van der Waals surface area contributed by atoms with Gasteiger partial charge in [0.1, 0.15) is 5.69 Å². The molecule has 2 unspecified atom stereocenters. The summed E-state index contributed by atoms with van der Waals surface area (Å²) in [6, 6.07) is 1.54. The summed E-state index contributed by atoms with van der Waals surface area (Å²) in [7, 11) is 0. The molecule has 2 saturated heterocycles. The number of hydrogen-bond acceptors (Lipinski definition) is 4.